The number of cyclic esters (lactones) is 1. The smallest absolute Gasteiger partial charge is 0.329 e. The molecule has 3 fully saturated rings. The summed E-state index contributed by atoms with van der Waals surface area (Å²) in [5.74, 6) is -10.2. The quantitative estimate of drug-likeness (QED) is 0.110. The molecule has 0 unspecified atom stereocenters. The van der Waals surface area contributed by atoms with Crippen LogP contribution in [-0.4, -0.2) is 156 Å². The molecule has 2 bridgehead atoms. The van der Waals surface area contributed by atoms with Gasteiger partial charge in [0.05, 0.1) is 24.7 Å². The molecule has 0 radical (unpaired) electrons. The topological polar surface area (TPSA) is 239 Å². The second kappa shape index (κ2) is 28.6. The fraction of sp³-hybridized carbons (Fsp3) is 0.690. The number of imide groups is 1. The van der Waals surface area contributed by atoms with Gasteiger partial charge in [0, 0.05) is 77.2 Å². The van der Waals surface area contributed by atoms with Crippen molar-refractivity contribution in [1.82, 2.24) is 9.80 Å². The average molecular weight is 1070 g/mol. The summed E-state index contributed by atoms with van der Waals surface area (Å²) in [6.07, 6.45) is 11.9. The number of allylic oxidation sites excluding steroid dienone is 6. The summed E-state index contributed by atoms with van der Waals surface area (Å²) in [5, 5.41) is 23.6. The van der Waals surface area contributed by atoms with Gasteiger partial charge in [-0.3, -0.25) is 38.5 Å². The second-order valence-electron chi connectivity index (χ2n) is 22.0. The van der Waals surface area contributed by atoms with Gasteiger partial charge in [0.15, 0.2) is 5.78 Å². The first-order valence-corrected chi connectivity index (χ1v) is 27.2. The Kier molecular flexibility index (Phi) is 23.3. The van der Waals surface area contributed by atoms with E-state index < -0.39 is 114 Å². The van der Waals surface area contributed by atoms with Crippen molar-refractivity contribution in [3.05, 3.63) is 59.8 Å². The van der Waals surface area contributed by atoms with E-state index in [0.29, 0.717) is 63.4 Å². The minimum Gasteiger partial charge on any atom is -0.460 e. The normalized spacial score (nSPS) is 36.0. The number of nitrogens with zero attached hydrogens (tertiary/aromatic N) is 2. The van der Waals surface area contributed by atoms with E-state index in [2.05, 4.69) is 0 Å². The fourth-order valence-corrected chi connectivity index (χ4v) is 11.3. The Morgan fingerprint density at radius 3 is 2.21 bits per heavy atom. The highest BCUT2D eigenvalue weighted by Crippen LogP contribution is 2.38. The summed E-state index contributed by atoms with van der Waals surface area (Å²) in [4.78, 5) is 110. The van der Waals surface area contributed by atoms with Crippen LogP contribution < -0.4 is 0 Å². The van der Waals surface area contributed by atoms with Crippen LogP contribution in [0.1, 0.15) is 132 Å². The molecule has 76 heavy (non-hydrogen) atoms. The molecule has 0 aromatic heterocycles. The van der Waals surface area contributed by atoms with Crippen LogP contribution >= 0.6 is 0 Å². The van der Waals surface area contributed by atoms with Crippen molar-refractivity contribution >= 4 is 47.0 Å². The van der Waals surface area contributed by atoms with E-state index in [0.717, 1.165) is 27.5 Å². The Balaban J connectivity index is 1.41. The van der Waals surface area contributed by atoms with Gasteiger partial charge < -0.3 is 43.5 Å². The number of piperidine rings is 1. The molecule has 18 heteroatoms. The number of Topliss-reactive ketones (excluding diaryl/α,β-unsaturated/α-hetero) is 3. The van der Waals surface area contributed by atoms with E-state index in [4.69, 9.17) is 28.4 Å². The van der Waals surface area contributed by atoms with Crippen molar-refractivity contribution in [3.63, 3.8) is 0 Å². The number of hydrogen-bond acceptors (Lipinski definition) is 16. The van der Waals surface area contributed by atoms with Crippen molar-refractivity contribution < 1.29 is 77.0 Å². The number of fused-ring (bicyclic) bond motifs is 3. The zero-order chi connectivity index (χ0) is 56.0. The molecule has 5 rings (SSSR count). The minimum absolute atomic E-state index is 0.0109. The lowest BCUT2D eigenvalue weighted by Gasteiger charge is -2.42. The third-order valence-corrected chi connectivity index (χ3v) is 16.2. The Hall–Kier alpha value is -4.98. The molecule has 422 valence electrons. The first-order chi connectivity index (χ1) is 36.0. The maximum Gasteiger partial charge on any atom is 0.329 e. The number of carbonyl (C=O) groups is 8. The number of hydrogen-bond donors (Lipinski definition) is 2. The number of ketones is 3. The number of methoxy groups -OCH3 is 3. The lowest BCUT2D eigenvalue weighted by molar-refractivity contribution is -0.265. The van der Waals surface area contributed by atoms with Gasteiger partial charge in [-0.15, -0.1) is 0 Å². The maximum atomic E-state index is 14.6. The molecular weight excluding hydrogens is 981 g/mol. The number of carbonyl (C=O) groups excluding carboxylic acids is 8. The molecule has 3 amide bonds. The van der Waals surface area contributed by atoms with Crippen molar-refractivity contribution in [3.8, 4) is 0 Å². The van der Waals surface area contributed by atoms with E-state index in [-0.39, 0.29) is 62.2 Å². The lowest BCUT2D eigenvalue weighted by atomic mass is 9.78. The van der Waals surface area contributed by atoms with Gasteiger partial charge in [0.1, 0.15) is 36.2 Å². The molecule has 18 nitrogen and oxygen atoms in total. The standard InChI is InChI=1S/C58H84N2O16/c1-34-16-12-11-13-17-35(2)46(71-8)32-42-21-19-40(7)58(70,76-42)55(67)56(68)59-26-15-14-18-43(59)57(69)75-47(33-44(61)36(3)29-39(6)53(66)54(73-10)52(65)38(5)28-34)37(4)30-41-20-22-45(48(31-41)72-9)74-51(64)25-27-60-49(62)23-24-50(60)63/h11-13,16-17,23-24,29,34,36-38,40-43,45-48,53-54,66,70H,14-15,18-22,25-28,30-33H2,1-10H3/b13-11?,16-12-,35-17?,39-29-/t34-,36-,37-,38-,40-,41+,42+,43+,45-,46+,47+,48-,53-,54+,58-/m1/s1. The molecule has 5 aliphatic rings. The summed E-state index contributed by atoms with van der Waals surface area (Å²) < 4.78 is 35.5. The molecule has 1 saturated carbocycles. The van der Waals surface area contributed by atoms with E-state index in [9.17, 15) is 48.6 Å². The predicted molar refractivity (Wildman–Crippen MR) is 279 cm³/mol. The zero-order valence-corrected chi connectivity index (χ0v) is 46.3. The van der Waals surface area contributed by atoms with Crippen LogP contribution in [0.5, 0.6) is 0 Å². The minimum atomic E-state index is -2.47. The van der Waals surface area contributed by atoms with Crippen LogP contribution in [0.3, 0.4) is 0 Å². The summed E-state index contributed by atoms with van der Waals surface area (Å²) in [6.45, 7) is 12.4. The Morgan fingerprint density at radius 1 is 0.829 bits per heavy atom. The highest BCUT2D eigenvalue weighted by molar-refractivity contribution is 6.39. The fourth-order valence-electron chi connectivity index (χ4n) is 11.3. The number of ether oxygens (including phenoxy) is 6. The van der Waals surface area contributed by atoms with Gasteiger partial charge in [0.25, 0.3) is 23.5 Å². The Labute approximate surface area is 448 Å². The van der Waals surface area contributed by atoms with Crippen LogP contribution in [0, 0.1) is 35.5 Å². The molecule has 0 aromatic carbocycles. The number of esters is 2. The highest BCUT2D eigenvalue weighted by atomic mass is 16.6. The van der Waals surface area contributed by atoms with Crippen molar-refractivity contribution in [1.29, 1.82) is 0 Å². The Morgan fingerprint density at radius 2 is 1.54 bits per heavy atom. The summed E-state index contributed by atoms with van der Waals surface area (Å²) in [6, 6.07) is -1.21. The number of aliphatic hydroxyl groups excluding tert-OH is 1. The molecule has 0 aromatic rings. The molecule has 0 spiro atoms. The van der Waals surface area contributed by atoms with Gasteiger partial charge in [-0.25, -0.2) is 4.79 Å². The van der Waals surface area contributed by atoms with Crippen molar-refractivity contribution in [2.75, 3.05) is 34.4 Å². The highest BCUT2D eigenvalue weighted by Gasteiger charge is 2.53. The summed E-state index contributed by atoms with van der Waals surface area (Å²) >= 11 is 0. The van der Waals surface area contributed by atoms with E-state index in [1.807, 2.05) is 51.2 Å². The molecule has 15 atom stereocenters. The SMILES string of the molecule is CO[C@H]1C[C@@H]2CC[C@@H](C)[C@@](O)(O2)C(=O)C(=O)N2CCCC[C@H]2C(=O)O[C@H]([C@H](C)C[C@@H]2CC[C@@H](OC(=O)CCN3C(=O)C=CC3=O)[C@H](OC)C2)CC(=O)[C@H](C)/C=C(/C)[C@@H](O)[C@@H](OC)C(=O)[C@H](C)C[C@H](C)/C=C\C=CC=C1C. The number of amides is 3. The molecule has 2 N–H and O–H groups in total. The first-order valence-electron chi connectivity index (χ1n) is 27.2. The molecule has 2 saturated heterocycles. The predicted octanol–water partition coefficient (Wildman–Crippen LogP) is 6.05. The van der Waals surface area contributed by atoms with Crippen LogP contribution in [-0.2, 0) is 66.8 Å². The van der Waals surface area contributed by atoms with Crippen LogP contribution in [0.25, 0.3) is 0 Å². The summed E-state index contributed by atoms with van der Waals surface area (Å²) in [5.41, 5.74) is 1.20. The van der Waals surface area contributed by atoms with Crippen LogP contribution in [0.2, 0.25) is 0 Å². The molecule has 1 aliphatic carbocycles. The van der Waals surface area contributed by atoms with Crippen molar-refractivity contribution in [2.24, 2.45) is 35.5 Å². The van der Waals surface area contributed by atoms with Crippen LogP contribution in [0.4, 0.5) is 0 Å². The average Bonchev–Trinajstić information content (AvgIpc) is 3.72. The third-order valence-electron chi connectivity index (χ3n) is 16.2. The van der Waals surface area contributed by atoms with Gasteiger partial charge in [-0.1, -0.05) is 71.1 Å². The number of aliphatic hydroxyl groups is 2. The van der Waals surface area contributed by atoms with Crippen molar-refractivity contribution in [2.45, 2.75) is 186 Å². The largest absolute Gasteiger partial charge is 0.460 e. The first kappa shape index (κ1) is 61.9. The van der Waals surface area contributed by atoms with E-state index >= 15 is 0 Å². The second-order valence-corrected chi connectivity index (χ2v) is 22.0. The van der Waals surface area contributed by atoms with Gasteiger partial charge in [-0.05, 0) is 107 Å². The summed E-state index contributed by atoms with van der Waals surface area (Å²) in [7, 11) is 4.44. The van der Waals surface area contributed by atoms with Gasteiger partial charge >= 0.3 is 11.9 Å². The molecule has 4 aliphatic heterocycles. The zero-order valence-electron chi connectivity index (χ0n) is 46.3. The maximum absolute atomic E-state index is 14.6. The van der Waals surface area contributed by atoms with Crippen LogP contribution in [0.15, 0.2) is 59.8 Å². The van der Waals surface area contributed by atoms with Gasteiger partial charge in [-0.2, -0.15) is 0 Å². The molecular formula is C58H84N2O16. The number of rotatable bonds is 10. The van der Waals surface area contributed by atoms with E-state index in [1.165, 1.54) is 14.2 Å². The Bertz CT molecular complexity index is 2230. The molecule has 4 heterocycles. The van der Waals surface area contributed by atoms with Gasteiger partial charge in [0.2, 0.25) is 5.79 Å². The van der Waals surface area contributed by atoms with E-state index in [1.54, 1.807) is 40.9 Å². The lowest BCUT2D eigenvalue weighted by Crippen LogP contribution is -2.61. The monoisotopic (exact) mass is 1060 g/mol. The third kappa shape index (κ3) is 16.1.